The summed E-state index contributed by atoms with van der Waals surface area (Å²) in [4.78, 5) is 20.2. The van der Waals surface area contributed by atoms with Gasteiger partial charge in [0.05, 0.1) is 10.9 Å². The number of amides is 1. The van der Waals surface area contributed by atoms with Gasteiger partial charge >= 0.3 is 0 Å². The molecule has 1 heterocycles. The summed E-state index contributed by atoms with van der Waals surface area (Å²) in [5.41, 5.74) is 4.70. The molecule has 3 aromatic carbocycles. The first-order chi connectivity index (χ1) is 15.2. The fraction of sp³-hybridized carbons (Fsp3) is 0.259. The average molecular weight is 448 g/mol. The topological polar surface area (TPSA) is 57.2 Å². The van der Waals surface area contributed by atoms with Gasteiger partial charge in [-0.05, 0) is 42.6 Å². The van der Waals surface area contributed by atoms with Crippen LogP contribution < -0.4 is 10.7 Å². The van der Waals surface area contributed by atoms with E-state index in [-0.39, 0.29) is 24.2 Å². The fourth-order valence-corrected chi connectivity index (χ4v) is 3.78. The molecule has 1 atom stereocenters. The van der Waals surface area contributed by atoms with Gasteiger partial charge in [-0.25, -0.2) is 4.99 Å². The van der Waals surface area contributed by atoms with E-state index in [1.165, 1.54) is 16.5 Å². The minimum Gasteiger partial charge on any atom is -0.354 e. The number of hydrogen-bond acceptors (Lipinski definition) is 2. The summed E-state index contributed by atoms with van der Waals surface area (Å²) >= 11 is 0. The highest BCUT2D eigenvalue weighted by atomic mass is 35.5. The van der Waals surface area contributed by atoms with Crippen LogP contribution in [0, 0.1) is 5.92 Å². The number of carbonyl (C=O) groups excluding carboxylic acids is 1. The third-order valence-corrected chi connectivity index (χ3v) is 5.83. The molecule has 0 radical (unpaired) electrons. The molecule has 166 valence electrons. The van der Waals surface area contributed by atoms with Crippen LogP contribution in [0.2, 0.25) is 0 Å². The second-order valence-electron chi connectivity index (χ2n) is 8.06. The Labute approximate surface area is 195 Å². The van der Waals surface area contributed by atoms with Crippen molar-refractivity contribution in [2.75, 3.05) is 6.54 Å². The molecule has 4 nitrogen and oxygen atoms in total. The van der Waals surface area contributed by atoms with Crippen LogP contribution in [0.25, 0.3) is 21.8 Å². The van der Waals surface area contributed by atoms with Crippen LogP contribution in [0.5, 0.6) is 0 Å². The van der Waals surface area contributed by atoms with E-state index < -0.39 is 0 Å². The number of rotatable bonds is 7. The minimum atomic E-state index is -0.0683. The van der Waals surface area contributed by atoms with Crippen molar-refractivity contribution in [3.63, 3.8) is 0 Å². The summed E-state index contributed by atoms with van der Waals surface area (Å²) in [7, 11) is 0. The number of halogens is 1. The summed E-state index contributed by atoms with van der Waals surface area (Å²) in [6.45, 7) is 5.65. The Hall–Kier alpha value is -2.95. The number of hydrogen-bond donors (Lipinski definition) is 2. The largest absolute Gasteiger partial charge is 0.354 e. The average Bonchev–Trinajstić information content (AvgIpc) is 3.02. The molecule has 2 N–H and O–H groups in total. The first-order valence-corrected chi connectivity index (χ1v) is 11.0. The molecule has 0 aliphatic carbocycles. The van der Waals surface area contributed by atoms with Crippen LogP contribution in [0.3, 0.4) is 0 Å². The van der Waals surface area contributed by atoms with Crippen molar-refractivity contribution < 1.29 is 4.79 Å². The molecule has 0 fully saturated rings. The Balaban J connectivity index is 0.00000289. The van der Waals surface area contributed by atoms with Gasteiger partial charge in [0.2, 0.25) is 5.91 Å². The van der Waals surface area contributed by atoms with Crippen LogP contribution in [0.15, 0.2) is 77.8 Å². The van der Waals surface area contributed by atoms with Crippen LogP contribution >= 0.6 is 12.4 Å². The Morgan fingerprint density at radius 2 is 1.75 bits per heavy atom. The van der Waals surface area contributed by atoms with E-state index in [9.17, 15) is 4.79 Å². The van der Waals surface area contributed by atoms with Gasteiger partial charge in [-0.2, -0.15) is 0 Å². The highest BCUT2D eigenvalue weighted by Crippen LogP contribution is 2.26. The van der Waals surface area contributed by atoms with Crippen molar-refractivity contribution in [2.24, 2.45) is 10.9 Å². The maximum Gasteiger partial charge on any atom is 0.249 e. The zero-order valence-corrected chi connectivity index (χ0v) is 19.4. The van der Waals surface area contributed by atoms with Gasteiger partial charge in [0.25, 0.3) is 0 Å². The third-order valence-electron chi connectivity index (χ3n) is 5.83. The normalized spacial score (nSPS) is 12.6. The van der Waals surface area contributed by atoms with Gasteiger partial charge < -0.3 is 10.3 Å². The summed E-state index contributed by atoms with van der Waals surface area (Å²) in [5.74, 6) is -0.126. The third kappa shape index (κ3) is 5.45. The maximum atomic E-state index is 12.3. The summed E-state index contributed by atoms with van der Waals surface area (Å²) < 4.78 is 0. The van der Waals surface area contributed by atoms with Crippen LogP contribution in [-0.2, 0) is 17.8 Å². The fourth-order valence-electron chi connectivity index (χ4n) is 3.78. The predicted molar refractivity (Wildman–Crippen MR) is 135 cm³/mol. The summed E-state index contributed by atoms with van der Waals surface area (Å²) in [5, 5.41) is 6.58. The highest BCUT2D eigenvalue weighted by Gasteiger charge is 2.09. The van der Waals surface area contributed by atoms with E-state index in [0.717, 1.165) is 42.4 Å². The number of benzene rings is 2. The van der Waals surface area contributed by atoms with Crippen molar-refractivity contribution in [1.29, 1.82) is 0 Å². The summed E-state index contributed by atoms with van der Waals surface area (Å²) in [6, 6.07) is 24.9. The molecule has 4 aromatic rings. The van der Waals surface area contributed by atoms with E-state index in [2.05, 4.69) is 63.8 Å². The van der Waals surface area contributed by atoms with Crippen LogP contribution in [-0.4, -0.2) is 17.4 Å². The number of fused-ring (bicyclic) bond motifs is 3. The second-order valence-corrected chi connectivity index (χ2v) is 8.06. The number of nitrogens with zero attached hydrogens (tertiary/aromatic N) is 1. The quantitative estimate of drug-likeness (QED) is 0.365. The molecule has 0 bridgehead atoms. The molecule has 0 aliphatic rings. The van der Waals surface area contributed by atoms with Gasteiger partial charge in [-0.3, -0.25) is 4.79 Å². The lowest BCUT2D eigenvalue weighted by atomic mass is 10.1. The van der Waals surface area contributed by atoms with E-state index in [0.29, 0.717) is 5.36 Å². The molecule has 4 rings (SSSR count). The monoisotopic (exact) mass is 447 g/mol. The molecule has 0 saturated carbocycles. The van der Waals surface area contributed by atoms with Crippen LogP contribution in [0.1, 0.15) is 31.4 Å². The molecule has 0 saturated heterocycles. The van der Waals surface area contributed by atoms with Gasteiger partial charge in [-0.15, -0.1) is 12.4 Å². The Morgan fingerprint density at radius 3 is 2.53 bits per heavy atom. The molecule has 1 unspecified atom stereocenters. The van der Waals surface area contributed by atoms with Gasteiger partial charge in [-0.1, -0.05) is 74.5 Å². The van der Waals surface area contributed by atoms with Gasteiger partial charge in [0.15, 0.2) is 0 Å². The predicted octanol–water partition coefficient (Wildman–Crippen LogP) is 5.55. The SMILES string of the molecule is CCC(C)C(=O)N=c1cccc2c(c1)[nH]c1c(CNCCc3ccccc3)cccc12.Cl. The van der Waals surface area contributed by atoms with E-state index in [1.807, 2.05) is 38.1 Å². The van der Waals surface area contributed by atoms with Gasteiger partial charge in [0, 0.05) is 28.8 Å². The van der Waals surface area contributed by atoms with Crippen molar-refractivity contribution in [1.82, 2.24) is 10.3 Å². The number of carbonyl (C=O) groups is 1. The lowest BCUT2D eigenvalue weighted by Crippen LogP contribution is -2.16. The van der Waals surface area contributed by atoms with E-state index >= 15 is 0 Å². The Morgan fingerprint density at radius 1 is 1.00 bits per heavy atom. The lowest BCUT2D eigenvalue weighted by Gasteiger charge is -2.06. The molecule has 1 amide bonds. The van der Waals surface area contributed by atoms with Crippen molar-refractivity contribution >= 4 is 40.1 Å². The summed E-state index contributed by atoms with van der Waals surface area (Å²) in [6.07, 6.45) is 1.80. The van der Waals surface area contributed by atoms with E-state index in [4.69, 9.17) is 0 Å². The molecule has 0 spiro atoms. The number of para-hydroxylation sites is 1. The highest BCUT2D eigenvalue weighted by molar-refractivity contribution is 6.07. The molecule has 5 heteroatoms. The number of H-pyrrole nitrogens is 1. The first kappa shape index (κ1) is 23.7. The Kier molecular flexibility index (Phi) is 8.20. The maximum absolute atomic E-state index is 12.3. The van der Waals surface area contributed by atoms with Crippen molar-refractivity contribution in [2.45, 2.75) is 33.2 Å². The smallest absolute Gasteiger partial charge is 0.249 e. The standard InChI is InChI=1S/C27H29N3O.ClH/c1-3-19(2)27(31)29-22-12-8-13-23-24-14-7-11-21(26(24)30-25(23)17-22)18-28-16-15-20-9-5-4-6-10-20;/h4-14,17,19,28,30H,3,15-16,18H2,1-2H3;1H. The zero-order chi connectivity index (χ0) is 21.6. The first-order valence-electron chi connectivity index (χ1n) is 11.0. The minimum absolute atomic E-state index is 0. The molecular weight excluding hydrogens is 418 g/mol. The van der Waals surface area contributed by atoms with Crippen LogP contribution in [0.4, 0.5) is 0 Å². The number of aromatic nitrogens is 1. The second kappa shape index (κ2) is 11.1. The van der Waals surface area contributed by atoms with Crippen molar-refractivity contribution in [3.05, 3.63) is 89.3 Å². The molecule has 32 heavy (non-hydrogen) atoms. The molecular formula is C27H30ClN3O. The zero-order valence-electron chi connectivity index (χ0n) is 18.6. The van der Waals surface area contributed by atoms with Crippen molar-refractivity contribution in [3.8, 4) is 0 Å². The van der Waals surface area contributed by atoms with E-state index in [1.54, 1.807) is 0 Å². The van der Waals surface area contributed by atoms with Gasteiger partial charge in [0.1, 0.15) is 0 Å². The lowest BCUT2D eigenvalue weighted by molar-refractivity contribution is -0.121. The molecule has 0 aliphatic heterocycles. The molecule has 1 aromatic heterocycles. The number of aromatic amines is 1. The Bertz CT molecular complexity index is 1260. The number of nitrogens with one attached hydrogen (secondary N) is 2.